The predicted octanol–water partition coefficient (Wildman–Crippen LogP) is -0.548. The van der Waals surface area contributed by atoms with Crippen LogP contribution in [0.1, 0.15) is 6.42 Å². The molecule has 0 aromatic heterocycles. The van der Waals surface area contributed by atoms with Gasteiger partial charge in [0.25, 0.3) is 0 Å². The van der Waals surface area contributed by atoms with Crippen LogP contribution in [-0.2, 0) is 4.74 Å². The molecule has 0 spiro atoms. The summed E-state index contributed by atoms with van der Waals surface area (Å²) < 4.78 is 5.45. The fourth-order valence-electron chi connectivity index (χ4n) is 1.86. The van der Waals surface area contributed by atoms with Crippen molar-refractivity contribution in [3.63, 3.8) is 0 Å². The number of rotatable bonds is 1. The molecule has 2 fully saturated rings. The van der Waals surface area contributed by atoms with Crippen molar-refractivity contribution in [2.45, 2.75) is 18.6 Å². The molecule has 1 N–H and O–H groups in total. The lowest BCUT2D eigenvalue weighted by Gasteiger charge is -2.24. The zero-order valence-corrected chi connectivity index (χ0v) is 5.99. The second-order valence-electron chi connectivity index (χ2n) is 3.06. The third-order valence-corrected chi connectivity index (χ3v) is 2.43. The fraction of sp³-hybridized carbons (Fsp3) is 1.00. The highest BCUT2D eigenvalue weighted by Crippen LogP contribution is 2.22. The van der Waals surface area contributed by atoms with Crippen molar-refractivity contribution in [3.05, 3.63) is 0 Å². The average Bonchev–Trinajstić information content (AvgIpc) is 2.26. The third-order valence-electron chi connectivity index (χ3n) is 2.43. The molecule has 0 saturated carbocycles. The second kappa shape index (κ2) is 2.49. The molecule has 2 rings (SSSR count). The van der Waals surface area contributed by atoms with Gasteiger partial charge in [-0.2, -0.15) is 0 Å². The number of aliphatic hydroxyl groups excluding tert-OH is 1. The van der Waals surface area contributed by atoms with E-state index in [-0.39, 0.29) is 0 Å². The topological polar surface area (TPSA) is 32.7 Å². The highest BCUT2D eigenvalue weighted by atomic mass is 16.5. The Hall–Kier alpha value is -0.120. The first kappa shape index (κ1) is 6.58. The molecule has 0 aromatic carbocycles. The van der Waals surface area contributed by atoms with Gasteiger partial charge in [-0.15, -0.1) is 0 Å². The fourth-order valence-corrected chi connectivity index (χ4v) is 1.86. The molecule has 0 aromatic rings. The molecular weight excluding hydrogens is 130 g/mol. The third kappa shape index (κ3) is 0.944. The smallest absolute Gasteiger partial charge is 0.0718 e. The summed E-state index contributed by atoms with van der Waals surface area (Å²) in [5.74, 6) is 0. The molecule has 0 radical (unpaired) electrons. The zero-order chi connectivity index (χ0) is 6.97. The molecule has 3 nitrogen and oxygen atoms in total. The van der Waals surface area contributed by atoms with Gasteiger partial charge in [-0.1, -0.05) is 0 Å². The first-order chi connectivity index (χ1) is 4.90. The molecule has 1 unspecified atom stereocenters. The molecule has 10 heavy (non-hydrogen) atoms. The average molecular weight is 143 g/mol. The van der Waals surface area contributed by atoms with E-state index in [4.69, 9.17) is 9.84 Å². The van der Waals surface area contributed by atoms with Gasteiger partial charge >= 0.3 is 0 Å². The van der Waals surface area contributed by atoms with Crippen LogP contribution in [0.5, 0.6) is 0 Å². The summed E-state index contributed by atoms with van der Waals surface area (Å²) in [5.41, 5.74) is 0. The summed E-state index contributed by atoms with van der Waals surface area (Å²) >= 11 is 0. The Morgan fingerprint density at radius 3 is 3.20 bits per heavy atom. The van der Waals surface area contributed by atoms with Gasteiger partial charge in [-0.05, 0) is 6.42 Å². The maximum absolute atomic E-state index is 8.92. The van der Waals surface area contributed by atoms with Gasteiger partial charge < -0.3 is 9.84 Å². The number of morpholine rings is 1. The van der Waals surface area contributed by atoms with Crippen molar-refractivity contribution in [2.75, 3.05) is 26.3 Å². The number of nitrogens with zero attached hydrogens (tertiary/aromatic N) is 1. The summed E-state index contributed by atoms with van der Waals surface area (Å²) in [6, 6.07) is 0.382. The molecule has 3 atom stereocenters. The van der Waals surface area contributed by atoms with Crippen LogP contribution in [-0.4, -0.2) is 48.5 Å². The predicted molar refractivity (Wildman–Crippen MR) is 36.8 cm³/mol. The van der Waals surface area contributed by atoms with Gasteiger partial charge in [-0.25, -0.2) is 0 Å². The van der Waals surface area contributed by atoms with Gasteiger partial charge in [0.2, 0.25) is 0 Å². The van der Waals surface area contributed by atoms with E-state index in [1.54, 1.807) is 0 Å². The van der Waals surface area contributed by atoms with Gasteiger partial charge in [0.05, 0.1) is 19.3 Å². The Labute approximate surface area is 60.6 Å². The van der Waals surface area contributed by atoms with E-state index in [0.717, 1.165) is 26.1 Å². The SMILES string of the molecule is OC[C@H]1C[C@@H]2CN1CCO2. The van der Waals surface area contributed by atoms with Crippen LogP contribution in [0.15, 0.2) is 0 Å². The Bertz CT molecular complexity index is 129. The van der Waals surface area contributed by atoms with Crippen LogP contribution < -0.4 is 0 Å². The minimum absolute atomic E-state index is 0.292. The lowest BCUT2D eigenvalue weighted by atomic mass is 10.2. The highest BCUT2D eigenvalue weighted by Gasteiger charge is 2.34. The number of hydrogen-bond donors (Lipinski definition) is 1. The minimum Gasteiger partial charge on any atom is -0.395 e. The van der Waals surface area contributed by atoms with E-state index in [0.29, 0.717) is 18.8 Å². The molecule has 3 heteroatoms. The summed E-state index contributed by atoms with van der Waals surface area (Å²) in [4.78, 5) is 2.31. The highest BCUT2D eigenvalue weighted by molar-refractivity contribution is 4.88. The van der Waals surface area contributed by atoms with E-state index in [2.05, 4.69) is 4.90 Å². The zero-order valence-electron chi connectivity index (χ0n) is 5.99. The van der Waals surface area contributed by atoms with E-state index in [1.807, 2.05) is 0 Å². The molecule has 2 heterocycles. The van der Waals surface area contributed by atoms with E-state index >= 15 is 0 Å². The Morgan fingerprint density at radius 2 is 2.50 bits per heavy atom. The van der Waals surface area contributed by atoms with Crippen molar-refractivity contribution >= 4 is 0 Å². The molecule has 0 aliphatic carbocycles. The lowest BCUT2D eigenvalue weighted by molar-refractivity contribution is 0.0134. The second-order valence-corrected chi connectivity index (χ2v) is 3.06. The van der Waals surface area contributed by atoms with Crippen LogP contribution in [0.2, 0.25) is 0 Å². The summed E-state index contributed by atoms with van der Waals surface area (Å²) in [7, 11) is 0. The van der Waals surface area contributed by atoms with Crippen molar-refractivity contribution in [1.82, 2.24) is 4.90 Å². The van der Waals surface area contributed by atoms with Crippen LogP contribution in [0.25, 0.3) is 0 Å². The van der Waals surface area contributed by atoms with Crippen molar-refractivity contribution in [1.29, 1.82) is 0 Å². The molecule has 2 saturated heterocycles. The Balaban J connectivity index is 2.01. The van der Waals surface area contributed by atoms with Crippen molar-refractivity contribution < 1.29 is 9.84 Å². The quantitative estimate of drug-likeness (QED) is 0.534. The lowest BCUT2D eigenvalue weighted by Crippen LogP contribution is -2.38. The maximum Gasteiger partial charge on any atom is 0.0718 e. The molecule has 58 valence electrons. The van der Waals surface area contributed by atoms with E-state index in [1.165, 1.54) is 0 Å². The monoisotopic (exact) mass is 143 g/mol. The van der Waals surface area contributed by atoms with Gasteiger partial charge in [0, 0.05) is 19.1 Å². The Kier molecular flexibility index (Phi) is 1.64. The van der Waals surface area contributed by atoms with E-state index in [9.17, 15) is 0 Å². The van der Waals surface area contributed by atoms with Crippen molar-refractivity contribution in [2.24, 2.45) is 0 Å². The largest absolute Gasteiger partial charge is 0.395 e. The van der Waals surface area contributed by atoms with Crippen LogP contribution in [0, 0.1) is 0 Å². The van der Waals surface area contributed by atoms with Crippen LogP contribution in [0.3, 0.4) is 0 Å². The summed E-state index contributed by atoms with van der Waals surface area (Å²) in [6.45, 7) is 3.17. The molecule has 2 aliphatic rings. The number of ether oxygens (including phenoxy) is 1. The Morgan fingerprint density at radius 1 is 1.60 bits per heavy atom. The molecular formula is C7H13NO2. The minimum atomic E-state index is 0.292. The van der Waals surface area contributed by atoms with Gasteiger partial charge in [-0.3, -0.25) is 4.90 Å². The van der Waals surface area contributed by atoms with Crippen LogP contribution >= 0.6 is 0 Å². The standard InChI is InChI=1S/C7H13NO2/c9-5-6-3-7-4-8(6)1-2-10-7/h6-7,9H,1-5H2/t6-,7-/m1/s1. The molecule has 2 bridgehead atoms. The number of fused-ring (bicyclic) bond motifs is 2. The van der Waals surface area contributed by atoms with E-state index < -0.39 is 0 Å². The number of aliphatic hydroxyl groups is 1. The maximum atomic E-state index is 8.92. The van der Waals surface area contributed by atoms with Gasteiger partial charge in [0.1, 0.15) is 0 Å². The molecule has 0 amide bonds. The molecule has 2 aliphatic heterocycles. The van der Waals surface area contributed by atoms with Crippen LogP contribution in [0.4, 0.5) is 0 Å². The first-order valence-corrected chi connectivity index (χ1v) is 3.86. The normalized spacial score (nSPS) is 45.9. The number of hydrogen-bond acceptors (Lipinski definition) is 3. The summed E-state index contributed by atoms with van der Waals surface area (Å²) in [6.07, 6.45) is 1.43. The summed E-state index contributed by atoms with van der Waals surface area (Å²) in [5, 5.41) is 8.92. The first-order valence-electron chi connectivity index (χ1n) is 3.86. The van der Waals surface area contributed by atoms with Crippen molar-refractivity contribution in [3.8, 4) is 0 Å². The van der Waals surface area contributed by atoms with Gasteiger partial charge in [0.15, 0.2) is 0 Å².